The summed E-state index contributed by atoms with van der Waals surface area (Å²) in [6.07, 6.45) is 1.71. The van der Waals surface area contributed by atoms with Crippen LogP contribution in [0.2, 0.25) is 0 Å². The molecule has 3 nitrogen and oxygen atoms in total. The summed E-state index contributed by atoms with van der Waals surface area (Å²) < 4.78 is 5.43. The van der Waals surface area contributed by atoms with Gasteiger partial charge >= 0.3 is 0 Å². The molecule has 108 valence electrons. The van der Waals surface area contributed by atoms with E-state index >= 15 is 0 Å². The number of benzene rings is 1. The van der Waals surface area contributed by atoms with Crippen LogP contribution in [0.4, 0.5) is 0 Å². The van der Waals surface area contributed by atoms with Crippen molar-refractivity contribution >= 4 is 0 Å². The van der Waals surface area contributed by atoms with Crippen molar-refractivity contribution in [3.05, 3.63) is 58.5 Å². The van der Waals surface area contributed by atoms with E-state index < -0.39 is 0 Å². The van der Waals surface area contributed by atoms with E-state index in [0.717, 1.165) is 12.3 Å². The van der Waals surface area contributed by atoms with Gasteiger partial charge in [-0.3, -0.25) is 4.90 Å². The van der Waals surface area contributed by atoms with Crippen molar-refractivity contribution in [3.8, 4) is 0 Å². The number of likely N-dealkylation sites (N-methyl/N-ethyl adjacent to an activating group) is 1. The zero-order chi connectivity index (χ0) is 14.7. The molecule has 0 aliphatic rings. The van der Waals surface area contributed by atoms with Gasteiger partial charge < -0.3 is 10.2 Å². The largest absolute Gasteiger partial charge is 0.468 e. The Hall–Kier alpha value is -1.58. The van der Waals surface area contributed by atoms with Crippen LogP contribution in [0, 0.1) is 20.8 Å². The number of hydrogen-bond donors (Lipinski definition) is 1. The van der Waals surface area contributed by atoms with E-state index in [1.165, 1.54) is 22.3 Å². The second-order valence-corrected chi connectivity index (χ2v) is 5.56. The third kappa shape index (κ3) is 3.11. The minimum Gasteiger partial charge on any atom is -0.468 e. The molecule has 2 rings (SSSR count). The summed E-state index contributed by atoms with van der Waals surface area (Å²) in [7, 11) is 2.10. The van der Waals surface area contributed by atoms with Gasteiger partial charge in [-0.15, -0.1) is 0 Å². The third-order valence-electron chi connectivity index (χ3n) is 3.81. The van der Waals surface area contributed by atoms with Gasteiger partial charge in [-0.05, 0) is 56.6 Å². The zero-order valence-corrected chi connectivity index (χ0v) is 12.8. The first-order valence-electron chi connectivity index (χ1n) is 7.03. The maximum atomic E-state index is 6.04. The zero-order valence-electron chi connectivity index (χ0n) is 12.8. The molecule has 0 aliphatic heterocycles. The summed E-state index contributed by atoms with van der Waals surface area (Å²) in [6, 6.07) is 8.58. The van der Waals surface area contributed by atoms with Crippen LogP contribution >= 0.6 is 0 Å². The Morgan fingerprint density at radius 2 is 1.85 bits per heavy atom. The van der Waals surface area contributed by atoms with Crippen LogP contribution in [0.25, 0.3) is 0 Å². The normalized spacial score (nSPS) is 12.9. The molecular formula is C17H24N2O. The second kappa shape index (κ2) is 6.25. The molecule has 1 unspecified atom stereocenters. The van der Waals surface area contributed by atoms with Gasteiger partial charge in [-0.25, -0.2) is 0 Å². The minimum atomic E-state index is 0.209. The van der Waals surface area contributed by atoms with Gasteiger partial charge in [0.15, 0.2) is 0 Å². The average Bonchev–Trinajstić information content (AvgIpc) is 2.86. The lowest BCUT2D eigenvalue weighted by molar-refractivity contribution is 0.221. The van der Waals surface area contributed by atoms with E-state index in [-0.39, 0.29) is 6.04 Å². The van der Waals surface area contributed by atoms with Gasteiger partial charge in [0.2, 0.25) is 0 Å². The lowest BCUT2D eigenvalue weighted by Crippen LogP contribution is -2.31. The lowest BCUT2D eigenvalue weighted by Gasteiger charge is -2.29. The molecule has 1 atom stereocenters. The van der Waals surface area contributed by atoms with Crippen LogP contribution in [0.3, 0.4) is 0 Å². The van der Waals surface area contributed by atoms with Crippen LogP contribution in [0.5, 0.6) is 0 Å². The SMILES string of the molecule is Cc1cc(C)c(C(CN)N(C)Cc2ccco2)c(C)c1. The van der Waals surface area contributed by atoms with Crippen LogP contribution in [-0.4, -0.2) is 18.5 Å². The van der Waals surface area contributed by atoms with Crippen LogP contribution < -0.4 is 5.73 Å². The predicted octanol–water partition coefficient (Wildman–Crippen LogP) is 3.34. The molecule has 0 saturated heterocycles. The van der Waals surface area contributed by atoms with Crippen molar-refractivity contribution in [1.82, 2.24) is 4.90 Å². The van der Waals surface area contributed by atoms with E-state index in [9.17, 15) is 0 Å². The molecule has 1 heterocycles. The lowest BCUT2D eigenvalue weighted by atomic mass is 9.93. The van der Waals surface area contributed by atoms with Crippen molar-refractivity contribution in [2.45, 2.75) is 33.4 Å². The maximum Gasteiger partial charge on any atom is 0.117 e. The minimum absolute atomic E-state index is 0.209. The molecular weight excluding hydrogens is 248 g/mol. The Morgan fingerprint density at radius 3 is 2.35 bits per heavy atom. The first-order valence-corrected chi connectivity index (χ1v) is 7.03. The fraction of sp³-hybridized carbons (Fsp3) is 0.412. The highest BCUT2D eigenvalue weighted by atomic mass is 16.3. The van der Waals surface area contributed by atoms with Gasteiger partial charge in [-0.2, -0.15) is 0 Å². The van der Waals surface area contributed by atoms with Gasteiger partial charge in [0, 0.05) is 12.6 Å². The summed E-state index contributed by atoms with van der Waals surface area (Å²) >= 11 is 0. The van der Waals surface area contributed by atoms with Crippen molar-refractivity contribution in [1.29, 1.82) is 0 Å². The number of furan rings is 1. The van der Waals surface area contributed by atoms with Crippen molar-refractivity contribution in [3.63, 3.8) is 0 Å². The monoisotopic (exact) mass is 272 g/mol. The summed E-state index contributed by atoms with van der Waals surface area (Å²) in [5.74, 6) is 0.966. The molecule has 1 aromatic carbocycles. The highest BCUT2D eigenvalue weighted by Gasteiger charge is 2.20. The molecule has 0 amide bonds. The van der Waals surface area contributed by atoms with Gasteiger partial charge in [0.1, 0.15) is 5.76 Å². The van der Waals surface area contributed by atoms with Crippen LogP contribution in [0.15, 0.2) is 34.9 Å². The topological polar surface area (TPSA) is 42.4 Å². The molecule has 0 fully saturated rings. The first kappa shape index (κ1) is 14.8. The fourth-order valence-electron chi connectivity index (χ4n) is 2.99. The van der Waals surface area contributed by atoms with Crippen molar-refractivity contribution in [2.75, 3.05) is 13.6 Å². The van der Waals surface area contributed by atoms with E-state index in [2.05, 4.69) is 44.9 Å². The maximum absolute atomic E-state index is 6.04. The molecule has 2 aromatic rings. The molecule has 20 heavy (non-hydrogen) atoms. The molecule has 0 aliphatic carbocycles. The van der Waals surface area contributed by atoms with Gasteiger partial charge in [0.25, 0.3) is 0 Å². The van der Waals surface area contributed by atoms with Crippen molar-refractivity contribution in [2.24, 2.45) is 5.73 Å². The molecule has 3 heteroatoms. The summed E-state index contributed by atoms with van der Waals surface area (Å²) in [4.78, 5) is 2.25. The number of nitrogens with zero attached hydrogens (tertiary/aromatic N) is 1. The highest BCUT2D eigenvalue weighted by Crippen LogP contribution is 2.27. The molecule has 0 radical (unpaired) electrons. The quantitative estimate of drug-likeness (QED) is 0.907. The summed E-state index contributed by atoms with van der Waals surface area (Å²) in [5, 5.41) is 0. The smallest absolute Gasteiger partial charge is 0.117 e. The average molecular weight is 272 g/mol. The van der Waals surface area contributed by atoms with Crippen LogP contribution in [-0.2, 0) is 6.54 Å². The summed E-state index contributed by atoms with van der Waals surface area (Å²) in [6.45, 7) is 7.83. The first-order chi connectivity index (χ1) is 9.52. The Kier molecular flexibility index (Phi) is 4.63. The third-order valence-corrected chi connectivity index (χ3v) is 3.81. The van der Waals surface area contributed by atoms with Crippen LogP contribution in [0.1, 0.15) is 34.1 Å². The van der Waals surface area contributed by atoms with E-state index in [1.54, 1.807) is 6.26 Å². The molecule has 0 saturated carbocycles. The number of nitrogens with two attached hydrogens (primary N) is 1. The fourth-order valence-corrected chi connectivity index (χ4v) is 2.99. The van der Waals surface area contributed by atoms with E-state index in [0.29, 0.717) is 6.54 Å². The molecule has 1 aromatic heterocycles. The Labute approximate surface area is 121 Å². The predicted molar refractivity (Wildman–Crippen MR) is 82.6 cm³/mol. The highest BCUT2D eigenvalue weighted by molar-refractivity contribution is 5.39. The molecule has 2 N–H and O–H groups in total. The molecule has 0 spiro atoms. The Morgan fingerprint density at radius 1 is 1.20 bits per heavy atom. The van der Waals surface area contributed by atoms with E-state index in [4.69, 9.17) is 10.2 Å². The molecule has 0 bridgehead atoms. The standard InChI is InChI=1S/C17H24N2O/c1-12-8-13(2)17(14(3)9-12)16(10-18)19(4)11-15-6-5-7-20-15/h5-9,16H,10-11,18H2,1-4H3. The number of hydrogen-bond acceptors (Lipinski definition) is 3. The Balaban J connectivity index is 2.28. The Bertz CT molecular complexity index is 537. The number of aryl methyl sites for hydroxylation is 3. The second-order valence-electron chi connectivity index (χ2n) is 5.56. The van der Waals surface area contributed by atoms with Gasteiger partial charge in [-0.1, -0.05) is 17.7 Å². The van der Waals surface area contributed by atoms with E-state index in [1.807, 2.05) is 12.1 Å². The van der Waals surface area contributed by atoms with Crippen molar-refractivity contribution < 1.29 is 4.42 Å². The number of rotatable bonds is 5. The van der Waals surface area contributed by atoms with Gasteiger partial charge in [0.05, 0.1) is 12.8 Å². The summed E-state index contributed by atoms with van der Waals surface area (Å²) in [5.41, 5.74) is 11.3.